The molecule has 5 unspecified atom stereocenters. The lowest BCUT2D eigenvalue weighted by Crippen LogP contribution is -2.30. The van der Waals surface area contributed by atoms with E-state index >= 15 is 0 Å². The van der Waals surface area contributed by atoms with Gasteiger partial charge in [-0.1, -0.05) is 402 Å². The lowest BCUT2D eigenvalue weighted by atomic mass is 9.99. The van der Waals surface area contributed by atoms with Gasteiger partial charge in [-0.3, -0.25) is 37.3 Å². The van der Waals surface area contributed by atoms with Crippen LogP contribution in [0.25, 0.3) is 0 Å². The summed E-state index contributed by atoms with van der Waals surface area (Å²) in [4.78, 5) is 73.2. The quantitative estimate of drug-likeness (QED) is 0.0222. The zero-order valence-electron chi connectivity index (χ0n) is 69.2. The van der Waals surface area contributed by atoms with Crippen LogP contribution in [0.2, 0.25) is 0 Å². The minimum atomic E-state index is -4.97. The van der Waals surface area contributed by atoms with Crippen LogP contribution in [0.3, 0.4) is 0 Å². The van der Waals surface area contributed by atoms with Crippen LogP contribution in [0, 0.1) is 17.8 Å². The number of carbonyl (C=O) groups is 4. The number of aliphatic hydroxyl groups excluding tert-OH is 1. The predicted molar refractivity (Wildman–Crippen MR) is 432 cm³/mol. The van der Waals surface area contributed by atoms with Gasteiger partial charge in [0.1, 0.15) is 19.3 Å². The Bertz CT molecular complexity index is 2030. The molecule has 8 atom stereocenters. The molecule has 19 heteroatoms. The first-order valence-corrected chi connectivity index (χ1v) is 47.5. The molecule has 0 aliphatic carbocycles. The van der Waals surface area contributed by atoms with Gasteiger partial charge in [0.25, 0.3) is 0 Å². The number of hydrogen-bond acceptors (Lipinski definition) is 15. The second-order valence-electron chi connectivity index (χ2n) is 31.7. The van der Waals surface area contributed by atoms with Gasteiger partial charge in [0.05, 0.1) is 26.4 Å². The zero-order chi connectivity index (χ0) is 77.2. The first kappa shape index (κ1) is 103. The van der Waals surface area contributed by atoms with E-state index in [1.807, 2.05) is 0 Å². The third-order valence-electron chi connectivity index (χ3n) is 21.2. The van der Waals surface area contributed by atoms with Gasteiger partial charge >= 0.3 is 39.5 Å². The van der Waals surface area contributed by atoms with Gasteiger partial charge in [0, 0.05) is 25.7 Å². The largest absolute Gasteiger partial charge is 0.472 e. The average Bonchev–Trinajstić information content (AvgIpc) is 0.906. The van der Waals surface area contributed by atoms with Crippen LogP contribution in [0.4, 0.5) is 0 Å². The summed E-state index contributed by atoms with van der Waals surface area (Å²) < 4.78 is 68.9. The predicted octanol–water partition coefficient (Wildman–Crippen LogP) is 26.1. The molecule has 624 valence electrons. The highest BCUT2D eigenvalue weighted by Crippen LogP contribution is 2.45. The molecule has 0 heterocycles. The van der Waals surface area contributed by atoms with Crippen molar-refractivity contribution in [2.24, 2.45) is 17.8 Å². The van der Waals surface area contributed by atoms with Crippen molar-refractivity contribution in [3.05, 3.63) is 0 Å². The highest BCUT2D eigenvalue weighted by atomic mass is 31.2. The van der Waals surface area contributed by atoms with Crippen molar-refractivity contribution in [3.8, 4) is 0 Å². The average molecular weight is 1540 g/mol. The van der Waals surface area contributed by atoms with Gasteiger partial charge in [-0.25, -0.2) is 9.13 Å². The molecular weight excluding hydrogens is 1370 g/mol. The Balaban J connectivity index is 5.23. The van der Waals surface area contributed by atoms with Crippen LogP contribution in [-0.2, 0) is 65.4 Å². The van der Waals surface area contributed by atoms with Gasteiger partial charge in [-0.2, -0.15) is 0 Å². The molecule has 3 N–H and O–H groups in total. The van der Waals surface area contributed by atoms with Crippen molar-refractivity contribution >= 4 is 39.5 Å². The number of ether oxygens (including phenoxy) is 4. The molecule has 0 saturated heterocycles. The van der Waals surface area contributed by atoms with E-state index in [0.717, 1.165) is 108 Å². The number of rotatable bonds is 84. The molecule has 0 aliphatic heterocycles. The summed E-state index contributed by atoms with van der Waals surface area (Å²) in [5.41, 5.74) is 0. The molecule has 0 aromatic heterocycles. The maximum Gasteiger partial charge on any atom is 0.472 e. The van der Waals surface area contributed by atoms with Crippen molar-refractivity contribution in [1.82, 2.24) is 0 Å². The third-order valence-corrected chi connectivity index (χ3v) is 23.1. The van der Waals surface area contributed by atoms with Crippen LogP contribution in [0.15, 0.2) is 0 Å². The standard InChI is InChI=1S/C86H168O17P2/c1-8-12-13-14-15-16-17-18-19-20-21-25-28-31-34-37-46-53-60-67-83(88)96-73-81(102-85(90)69-62-55-48-38-35-32-29-26-23-22-24-27-30-33-36-43-50-57-64-77(5)9-2)75-100-104(92,93)98-71-80(87)72-99-105(94,95)101-76-82(103-86(91)70-63-56-49-42-40-45-52-59-66-79(7)11-4)74-97-84(89)68-61-54-47-41-39-44-51-58-65-78(6)10-3/h77-82,87H,8-76H2,1-7H3,(H,92,93)(H,94,95)/t77?,78?,79?,80-,81-,82-/m1/s1. The fourth-order valence-electron chi connectivity index (χ4n) is 13.3. The normalized spacial score (nSPS) is 14.6. The fraction of sp³-hybridized carbons (Fsp3) is 0.953. The molecule has 0 radical (unpaired) electrons. The Morgan fingerprint density at radius 2 is 0.457 bits per heavy atom. The van der Waals surface area contributed by atoms with Crippen molar-refractivity contribution in [2.45, 2.75) is 471 Å². The summed E-state index contributed by atoms with van der Waals surface area (Å²) in [6.45, 7) is 12.0. The van der Waals surface area contributed by atoms with E-state index < -0.39 is 97.5 Å². The number of phosphoric acid groups is 2. The topological polar surface area (TPSA) is 237 Å². The van der Waals surface area contributed by atoms with Crippen LogP contribution >= 0.6 is 15.6 Å². The van der Waals surface area contributed by atoms with Gasteiger partial charge < -0.3 is 33.8 Å². The van der Waals surface area contributed by atoms with Gasteiger partial charge in [-0.15, -0.1) is 0 Å². The molecule has 0 amide bonds. The van der Waals surface area contributed by atoms with Crippen LogP contribution < -0.4 is 0 Å². The molecule has 0 aromatic carbocycles. The third kappa shape index (κ3) is 75.9. The lowest BCUT2D eigenvalue weighted by Gasteiger charge is -2.21. The summed E-state index contributed by atoms with van der Waals surface area (Å²) in [6.07, 6.45) is 66.6. The Kier molecular flexibility index (Phi) is 74.7. The lowest BCUT2D eigenvalue weighted by molar-refractivity contribution is -0.161. The van der Waals surface area contributed by atoms with E-state index in [1.54, 1.807) is 0 Å². The summed E-state index contributed by atoms with van der Waals surface area (Å²) in [5, 5.41) is 10.7. The number of aliphatic hydroxyl groups is 1. The Morgan fingerprint density at radius 3 is 0.676 bits per heavy atom. The van der Waals surface area contributed by atoms with E-state index in [4.69, 9.17) is 37.0 Å². The number of phosphoric ester groups is 2. The maximum absolute atomic E-state index is 13.2. The van der Waals surface area contributed by atoms with Gasteiger partial charge in [-0.05, 0) is 43.4 Å². The molecule has 17 nitrogen and oxygen atoms in total. The molecule has 0 saturated carbocycles. The molecule has 105 heavy (non-hydrogen) atoms. The van der Waals surface area contributed by atoms with Gasteiger partial charge in [0.15, 0.2) is 12.2 Å². The summed E-state index contributed by atoms with van der Waals surface area (Å²) in [7, 11) is -9.93. The second kappa shape index (κ2) is 76.1. The zero-order valence-corrected chi connectivity index (χ0v) is 71.0. The molecule has 0 aliphatic rings. The second-order valence-corrected chi connectivity index (χ2v) is 34.6. The first-order valence-electron chi connectivity index (χ1n) is 44.5. The van der Waals surface area contributed by atoms with Crippen LogP contribution in [0.5, 0.6) is 0 Å². The molecule has 0 spiro atoms. The van der Waals surface area contributed by atoms with E-state index in [-0.39, 0.29) is 25.7 Å². The first-order chi connectivity index (χ1) is 50.8. The number of esters is 4. The van der Waals surface area contributed by atoms with E-state index in [1.165, 1.54) is 263 Å². The van der Waals surface area contributed by atoms with Crippen molar-refractivity contribution in [1.29, 1.82) is 0 Å². The highest BCUT2D eigenvalue weighted by molar-refractivity contribution is 7.47. The van der Waals surface area contributed by atoms with Crippen LogP contribution in [-0.4, -0.2) is 96.7 Å². The molecule has 0 rings (SSSR count). The molecule has 0 bridgehead atoms. The van der Waals surface area contributed by atoms with Crippen LogP contribution in [0.1, 0.15) is 453 Å². The molecule has 0 aromatic rings. The number of hydrogen-bond donors (Lipinski definition) is 3. The van der Waals surface area contributed by atoms with E-state index in [0.29, 0.717) is 25.7 Å². The highest BCUT2D eigenvalue weighted by Gasteiger charge is 2.31. The minimum absolute atomic E-state index is 0.105. The number of unbranched alkanes of at least 4 members (excludes halogenated alkanes) is 49. The molecule has 0 fully saturated rings. The van der Waals surface area contributed by atoms with Crippen molar-refractivity contribution in [3.63, 3.8) is 0 Å². The Morgan fingerprint density at radius 1 is 0.267 bits per heavy atom. The summed E-state index contributed by atoms with van der Waals surface area (Å²) in [5.74, 6) is 0.311. The monoisotopic (exact) mass is 1540 g/mol. The van der Waals surface area contributed by atoms with Crippen molar-refractivity contribution < 1.29 is 80.2 Å². The van der Waals surface area contributed by atoms with E-state index in [2.05, 4.69) is 48.5 Å². The minimum Gasteiger partial charge on any atom is -0.462 e. The van der Waals surface area contributed by atoms with Crippen molar-refractivity contribution in [2.75, 3.05) is 39.6 Å². The maximum atomic E-state index is 13.2. The SMILES string of the molecule is CCCCCCCCCCCCCCCCCCCCCC(=O)OC[C@H](COP(=O)(O)OC[C@@H](O)COP(=O)(O)OC[C@@H](COC(=O)CCCCCCCCCCC(C)CC)OC(=O)CCCCCCCCCCC(C)CC)OC(=O)CCCCCCCCCCCCCCCCCCCCC(C)CC. The molecular formula is C86H168O17P2. The fourth-order valence-corrected chi connectivity index (χ4v) is 14.9. The smallest absolute Gasteiger partial charge is 0.462 e. The summed E-state index contributed by atoms with van der Waals surface area (Å²) >= 11 is 0. The van der Waals surface area contributed by atoms with E-state index in [9.17, 15) is 43.2 Å². The summed E-state index contributed by atoms with van der Waals surface area (Å²) in [6, 6.07) is 0. The Hall–Kier alpha value is -1.94. The van der Waals surface area contributed by atoms with Gasteiger partial charge in [0.2, 0.25) is 0 Å². The number of carbonyl (C=O) groups excluding carboxylic acids is 4. The Labute approximate surface area is 645 Å².